The molecule has 0 aliphatic carbocycles. The summed E-state index contributed by atoms with van der Waals surface area (Å²) in [6.45, 7) is 7.55. The monoisotopic (exact) mass is 635 g/mol. The van der Waals surface area contributed by atoms with E-state index in [0.29, 0.717) is 16.8 Å². The molecule has 50 heavy (non-hydrogen) atoms. The first-order valence-corrected chi connectivity index (χ1v) is 16.2. The van der Waals surface area contributed by atoms with E-state index in [0.717, 1.165) is 66.5 Å². The maximum absolute atomic E-state index is 9.87. The largest absolute Gasteiger partial charge is 0.309 e. The number of nitrogens with zero attached hydrogens (tertiary/aromatic N) is 5. The molecular weight excluding hydrogens is 611 g/mol. The van der Waals surface area contributed by atoms with Crippen molar-refractivity contribution in [3.05, 3.63) is 174 Å². The van der Waals surface area contributed by atoms with E-state index in [1.807, 2.05) is 48.5 Å². The zero-order valence-corrected chi connectivity index (χ0v) is 26.7. The molecular formula is C45H25N5. The van der Waals surface area contributed by atoms with Crippen LogP contribution in [-0.4, -0.2) is 9.13 Å². The molecule has 0 radical (unpaired) electrons. The van der Waals surface area contributed by atoms with Crippen molar-refractivity contribution in [2.24, 2.45) is 0 Å². The topological polar surface area (TPSA) is 61.8 Å². The van der Waals surface area contributed by atoms with Gasteiger partial charge in [0, 0.05) is 27.4 Å². The highest BCUT2D eigenvalue weighted by atomic mass is 15.0. The lowest BCUT2D eigenvalue weighted by molar-refractivity contribution is 1.18. The zero-order valence-electron chi connectivity index (χ0n) is 26.7. The Balaban J connectivity index is 1.17. The molecule has 2 heterocycles. The molecule has 0 spiro atoms. The number of hydrogen-bond acceptors (Lipinski definition) is 2. The van der Waals surface area contributed by atoms with Crippen LogP contribution in [0, 0.1) is 29.2 Å². The fraction of sp³-hybridized carbons (Fsp3) is 0. The molecule has 9 rings (SSSR count). The molecule has 0 unspecified atom stereocenters. The predicted octanol–water partition coefficient (Wildman–Crippen LogP) is 11.5. The Hall–Kier alpha value is -7.39. The number of aromatic nitrogens is 2. The van der Waals surface area contributed by atoms with Gasteiger partial charge < -0.3 is 9.13 Å². The second-order valence-corrected chi connectivity index (χ2v) is 12.3. The van der Waals surface area contributed by atoms with Crippen LogP contribution >= 0.6 is 0 Å². The fourth-order valence-electron chi connectivity index (χ4n) is 7.31. The standard InChI is InChI=1S/C45H25N5/c1-48-34-19-22-44-40(26-34)38-20-13-30(28-47)24-45(38)49(44)35-8-6-7-33(25-35)31-15-17-32(18-16-31)39-23-29(27-46)14-21-43(39)50-41-11-4-2-9-36(41)37-10-3-5-12-42(37)50/h2-26H. The molecule has 0 bridgehead atoms. The first-order chi connectivity index (χ1) is 24.6. The molecule has 0 atom stereocenters. The summed E-state index contributed by atoms with van der Waals surface area (Å²) in [6, 6.07) is 55.8. The van der Waals surface area contributed by atoms with Gasteiger partial charge in [-0.3, -0.25) is 0 Å². The maximum Gasteiger partial charge on any atom is 0.188 e. The highest BCUT2D eigenvalue weighted by Gasteiger charge is 2.17. The quantitative estimate of drug-likeness (QED) is 0.181. The van der Waals surface area contributed by atoms with Crippen molar-refractivity contribution in [1.82, 2.24) is 9.13 Å². The third-order valence-corrected chi connectivity index (χ3v) is 9.59. The van der Waals surface area contributed by atoms with Crippen molar-refractivity contribution >= 4 is 49.3 Å². The number of fused-ring (bicyclic) bond motifs is 6. The summed E-state index contributed by atoms with van der Waals surface area (Å²) < 4.78 is 4.46. The van der Waals surface area contributed by atoms with Crippen LogP contribution in [0.4, 0.5) is 5.69 Å². The van der Waals surface area contributed by atoms with Crippen molar-refractivity contribution in [2.75, 3.05) is 0 Å². The third kappa shape index (κ3) is 4.45. The van der Waals surface area contributed by atoms with Crippen LogP contribution in [0.15, 0.2) is 152 Å². The Morgan fingerprint density at radius 1 is 0.460 bits per heavy atom. The predicted molar refractivity (Wildman–Crippen MR) is 202 cm³/mol. The maximum atomic E-state index is 9.87. The summed E-state index contributed by atoms with van der Waals surface area (Å²) in [5.41, 5.74) is 12.0. The van der Waals surface area contributed by atoms with Gasteiger partial charge in [0.15, 0.2) is 5.69 Å². The summed E-state index contributed by atoms with van der Waals surface area (Å²) >= 11 is 0. The Kier molecular flexibility index (Phi) is 6.56. The number of benzene rings is 7. The van der Waals surface area contributed by atoms with Crippen molar-refractivity contribution in [1.29, 1.82) is 10.5 Å². The number of hydrogen-bond donors (Lipinski definition) is 0. The minimum atomic E-state index is 0.580. The van der Waals surface area contributed by atoms with E-state index in [1.54, 1.807) is 0 Å². The molecule has 2 aromatic heterocycles. The first-order valence-electron chi connectivity index (χ1n) is 16.2. The highest BCUT2D eigenvalue weighted by molar-refractivity contribution is 6.11. The van der Waals surface area contributed by atoms with Gasteiger partial charge in [0.1, 0.15) is 0 Å². The molecule has 0 aliphatic rings. The molecule has 0 amide bonds. The van der Waals surface area contributed by atoms with Gasteiger partial charge in [-0.05, 0) is 88.8 Å². The lowest BCUT2D eigenvalue weighted by Gasteiger charge is -2.15. The second kappa shape index (κ2) is 11.4. The summed E-state index contributed by atoms with van der Waals surface area (Å²) in [7, 11) is 0. The molecule has 0 N–H and O–H groups in total. The van der Waals surface area contributed by atoms with Gasteiger partial charge in [-0.25, -0.2) is 4.85 Å². The molecule has 0 saturated carbocycles. The van der Waals surface area contributed by atoms with Crippen LogP contribution in [0.5, 0.6) is 0 Å². The Morgan fingerprint density at radius 3 is 1.82 bits per heavy atom. The van der Waals surface area contributed by atoms with E-state index >= 15 is 0 Å². The van der Waals surface area contributed by atoms with Crippen LogP contribution < -0.4 is 0 Å². The van der Waals surface area contributed by atoms with Crippen LogP contribution in [-0.2, 0) is 0 Å². The van der Waals surface area contributed by atoms with E-state index in [4.69, 9.17) is 6.57 Å². The normalized spacial score (nSPS) is 11.1. The number of nitriles is 2. The minimum Gasteiger partial charge on any atom is -0.309 e. The average molecular weight is 636 g/mol. The molecule has 230 valence electrons. The van der Waals surface area contributed by atoms with Crippen molar-refractivity contribution in [2.45, 2.75) is 0 Å². The van der Waals surface area contributed by atoms with E-state index < -0.39 is 0 Å². The molecule has 5 nitrogen and oxygen atoms in total. The van der Waals surface area contributed by atoms with Gasteiger partial charge in [0.25, 0.3) is 0 Å². The second-order valence-electron chi connectivity index (χ2n) is 12.3. The molecule has 7 aromatic carbocycles. The fourth-order valence-corrected chi connectivity index (χ4v) is 7.31. The van der Waals surface area contributed by atoms with Crippen LogP contribution in [0.25, 0.3) is 82.1 Å². The lowest BCUT2D eigenvalue weighted by Crippen LogP contribution is -1.98. The zero-order chi connectivity index (χ0) is 33.8. The Labute approximate surface area is 288 Å². The van der Waals surface area contributed by atoms with E-state index in [-0.39, 0.29) is 0 Å². The molecule has 5 heteroatoms. The van der Waals surface area contributed by atoms with E-state index in [2.05, 4.69) is 129 Å². The summed E-state index contributed by atoms with van der Waals surface area (Å²) in [5, 5.41) is 23.9. The van der Waals surface area contributed by atoms with E-state index in [9.17, 15) is 10.5 Å². The van der Waals surface area contributed by atoms with Gasteiger partial charge in [-0.2, -0.15) is 10.5 Å². The highest BCUT2D eigenvalue weighted by Crippen LogP contribution is 2.39. The van der Waals surface area contributed by atoms with Crippen molar-refractivity contribution in [3.63, 3.8) is 0 Å². The van der Waals surface area contributed by atoms with Gasteiger partial charge in [0.05, 0.1) is 57.6 Å². The van der Waals surface area contributed by atoms with Crippen LogP contribution in [0.2, 0.25) is 0 Å². The van der Waals surface area contributed by atoms with E-state index in [1.165, 1.54) is 10.8 Å². The molecule has 0 saturated heterocycles. The third-order valence-electron chi connectivity index (χ3n) is 9.59. The minimum absolute atomic E-state index is 0.580. The molecule has 0 aliphatic heterocycles. The van der Waals surface area contributed by atoms with Gasteiger partial charge >= 0.3 is 0 Å². The van der Waals surface area contributed by atoms with Gasteiger partial charge in [-0.15, -0.1) is 0 Å². The van der Waals surface area contributed by atoms with Crippen LogP contribution in [0.1, 0.15) is 11.1 Å². The molecule has 0 fully saturated rings. The van der Waals surface area contributed by atoms with Crippen LogP contribution in [0.3, 0.4) is 0 Å². The van der Waals surface area contributed by atoms with Gasteiger partial charge in [-0.1, -0.05) is 84.9 Å². The average Bonchev–Trinajstić information content (AvgIpc) is 3.69. The van der Waals surface area contributed by atoms with Crippen molar-refractivity contribution in [3.8, 4) is 45.8 Å². The SMILES string of the molecule is [C-]#[N+]c1ccc2c(c1)c1ccc(C#N)cc1n2-c1cccc(-c2ccc(-c3cc(C#N)ccc3-n3c4ccccc4c4ccccc43)cc2)c1. The lowest BCUT2D eigenvalue weighted by atomic mass is 9.97. The first kappa shape index (κ1) is 28.8. The Morgan fingerprint density at radius 2 is 1.10 bits per heavy atom. The summed E-state index contributed by atoms with van der Waals surface area (Å²) in [5.74, 6) is 0. The summed E-state index contributed by atoms with van der Waals surface area (Å²) in [6.07, 6.45) is 0. The Bertz CT molecular complexity index is 2900. The number of rotatable bonds is 4. The number of para-hydroxylation sites is 2. The summed E-state index contributed by atoms with van der Waals surface area (Å²) in [4.78, 5) is 3.65. The molecule has 9 aromatic rings. The van der Waals surface area contributed by atoms with Gasteiger partial charge in [0.2, 0.25) is 0 Å². The van der Waals surface area contributed by atoms with Crippen molar-refractivity contribution < 1.29 is 0 Å². The smallest absolute Gasteiger partial charge is 0.188 e.